The SMILES string of the molecule is C=C(C[C@@H](Cc1ccccc1)NC(=O)OCc1ccccc1)[C@@H](CCc1ccccc1)NC(=O)OCc1ccccc1. The molecule has 0 aromatic heterocycles. The maximum atomic E-state index is 12.9. The van der Waals surface area contributed by atoms with Crippen LogP contribution in [0, 0.1) is 0 Å². The molecule has 0 saturated carbocycles. The highest BCUT2D eigenvalue weighted by atomic mass is 16.6. The molecule has 0 aliphatic carbocycles. The highest BCUT2D eigenvalue weighted by Crippen LogP contribution is 2.18. The van der Waals surface area contributed by atoms with E-state index in [0.717, 1.165) is 28.7 Å². The maximum Gasteiger partial charge on any atom is 0.407 e. The van der Waals surface area contributed by atoms with Crippen LogP contribution in [0.3, 0.4) is 0 Å². The van der Waals surface area contributed by atoms with Crippen molar-refractivity contribution in [3.63, 3.8) is 0 Å². The molecule has 0 aliphatic heterocycles. The van der Waals surface area contributed by atoms with Crippen molar-refractivity contribution < 1.29 is 19.1 Å². The van der Waals surface area contributed by atoms with E-state index in [2.05, 4.69) is 29.3 Å². The fourth-order valence-corrected chi connectivity index (χ4v) is 4.70. The maximum absolute atomic E-state index is 12.9. The molecule has 0 unspecified atom stereocenters. The zero-order valence-corrected chi connectivity index (χ0v) is 23.8. The number of rotatable bonds is 14. The summed E-state index contributed by atoms with van der Waals surface area (Å²) in [6.07, 6.45) is 1.42. The van der Waals surface area contributed by atoms with Crippen molar-refractivity contribution in [1.29, 1.82) is 0 Å². The number of aryl methyl sites for hydroxylation is 1. The minimum atomic E-state index is -0.507. The standard InChI is InChI=1S/C36H38N2O4/c1-28(24-33(25-30-16-8-3-9-17-30)37-35(39)41-26-31-18-10-4-11-19-31)34(23-22-29-14-6-2-7-15-29)38-36(40)42-27-32-20-12-5-13-21-32/h2-21,33-34H,1,22-27H2,(H,37,39)(H,38,40)/t33-,34+/m0/s1. The summed E-state index contributed by atoms with van der Waals surface area (Å²) in [6, 6.07) is 38.6. The molecule has 0 radical (unpaired) electrons. The average Bonchev–Trinajstić information content (AvgIpc) is 3.03. The molecule has 2 atom stereocenters. The largest absolute Gasteiger partial charge is 0.445 e. The zero-order chi connectivity index (χ0) is 29.4. The number of ether oxygens (including phenoxy) is 2. The van der Waals surface area contributed by atoms with Crippen molar-refractivity contribution in [2.45, 2.75) is 51.0 Å². The van der Waals surface area contributed by atoms with Crippen molar-refractivity contribution in [1.82, 2.24) is 10.6 Å². The van der Waals surface area contributed by atoms with Crippen molar-refractivity contribution in [3.8, 4) is 0 Å². The Labute approximate surface area is 248 Å². The van der Waals surface area contributed by atoms with Gasteiger partial charge in [0.1, 0.15) is 13.2 Å². The van der Waals surface area contributed by atoms with Gasteiger partial charge >= 0.3 is 12.2 Å². The van der Waals surface area contributed by atoms with Gasteiger partial charge in [-0.25, -0.2) is 9.59 Å². The van der Waals surface area contributed by atoms with Crippen LogP contribution < -0.4 is 10.6 Å². The van der Waals surface area contributed by atoms with E-state index in [0.29, 0.717) is 19.3 Å². The number of alkyl carbamates (subject to hydrolysis) is 2. The van der Waals surface area contributed by atoms with Crippen LogP contribution in [0.4, 0.5) is 9.59 Å². The molecule has 0 bridgehead atoms. The summed E-state index contributed by atoms with van der Waals surface area (Å²) in [7, 11) is 0. The van der Waals surface area contributed by atoms with Crippen molar-refractivity contribution >= 4 is 12.2 Å². The molecule has 4 aromatic carbocycles. The number of carbonyl (C=O) groups excluding carboxylic acids is 2. The third kappa shape index (κ3) is 10.6. The molecule has 0 fully saturated rings. The molecule has 0 saturated heterocycles. The van der Waals surface area contributed by atoms with Gasteiger partial charge in [-0.15, -0.1) is 0 Å². The van der Waals surface area contributed by atoms with Gasteiger partial charge in [0.15, 0.2) is 0 Å². The third-order valence-corrected chi connectivity index (χ3v) is 6.93. The number of carbonyl (C=O) groups is 2. The monoisotopic (exact) mass is 562 g/mol. The summed E-state index contributed by atoms with van der Waals surface area (Å²) in [4.78, 5) is 25.7. The number of nitrogens with one attached hydrogen (secondary N) is 2. The summed E-state index contributed by atoms with van der Waals surface area (Å²) in [5.74, 6) is 0. The van der Waals surface area contributed by atoms with Gasteiger partial charge in [0, 0.05) is 6.04 Å². The first-order valence-corrected chi connectivity index (χ1v) is 14.2. The Hall–Kier alpha value is -4.84. The van der Waals surface area contributed by atoms with Gasteiger partial charge in [-0.2, -0.15) is 0 Å². The summed E-state index contributed by atoms with van der Waals surface area (Å²) in [6.45, 7) is 4.72. The minimum Gasteiger partial charge on any atom is -0.445 e. The summed E-state index contributed by atoms with van der Waals surface area (Å²) < 4.78 is 11.0. The number of hydrogen-bond donors (Lipinski definition) is 2. The van der Waals surface area contributed by atoms with Crippen LogP contribution in [0.5, 0.6) is 0 Å². The molecule has 0 heterocycles. The van der Waals surface area contributed by atoms with E-state index in [1.165, 1.54) is 5.56 Å². The third-order valence-electron chi connectivity index (χ3n) is 6.93. The fraction of sp³-hybridized carbons (Fsp3) is 0.222. The Morgan fingerprint density at radius 2 is 1.02 bits per heavy atom. The lowest BCUT2D eigenvalue weighted by Gasteiger charge is -2.26. The molecule has 0 aliphatic rings. The number of benzene rings is 4. The molecule has 2 N–H and O–H groups in total. The Morgan fingerprint density at radius 1 is 0.595 bits per heavy atom. The van der Waals surface area contributed by atoms with Gasteiger partial charge in [0.2, 0.25) is 0 Å². The molecule has 6 heteroatoms. The molecule has 216 valence electrons. The zero-order valence-electron chi connectivity index (χ0n) is 23.8. The van der Waals surface area contributed by atoms with Crippen molar-refractivity contribution in [2.75, 3.05) is 0 Å². The number of hydrogen-bond acceptors (Lipinski definition) is 4. The minimum absolute atomic E-state index is 0.177. The lowest BCUT2D eigenvalue weighted by atomic mass is 9.92. The molecule has 4 rings (SSSR count). The quantitative estimate of drug-likeness (QED) is 0.157. The average molecular weight is 563 g/mol. The Balaban J connectivity index is 1.42. The molecule has 42 heavy (non-hydrogen) atoms. The lowest BCUT2D eigenvalue weighted by Crippen LogP contribution is -2.41. The Bertz CT molecular complexity index is 1380. The molecule has 4 aromatic rings. The van der Waals surface area contributed by atoms with E-state index >= 15 is 0 Å². The Kier molecular flexibility index (Phi) is 11.8. The molecular weight excluding hydrogens is 524 g/mol. The second-order valence-corrected chi connectivity index (χ2v) is 10.2. The van der Waals surface area contributed by atoms with Crippen LogP contribution in [0.2, 0.25) is 0 Å². The van der Waals surface area contributed by atoms with E-state index in [4.69, 9.17) is 9.47 Å². The van der Waals surface area contributed by atoms with Crippen molar-refractivity contribution in [3.05, 3.63) is 156 Å². The smallest absolute Gasteiger partial charge is 0.407 e. The summed E-state index contributed by atoms with van der Waals surface area (Å²) in [5.41, 5.74) is 4.86. The van der Waals surface area contributed by atoms with E-state index in [9.17, 15) is 9.59 Å². The van der Waals surface area contributed by atoms with Crippen LogP contribution >= 0.6 is 0 Å². The number of amides is 2. The molecule has 0 spiro atoms. The predicted octanol–water partition coefficient (Wildman–Crippen LogP) is 7.40. The van der Waals surface area contributed by atoms with Gasteiger partial charge < -0.3 is 20.1 Å². The highest BCUT2D eigenvalue weighted by molar-refractivity contribution is 5.68. The first kappa shape index (κ1) is 30.1. The van der Waals surface area contributed by atoms with Gasteiger partial charge in [-0.3, -0.25) is 0 Å². The fourth-order valence-electron chi connectivity index (χ4n) is 4.70. The molecule has 2 amide bonds. The van der Waals surface area contributed by atoms with Gasteiger partial charge in [0.05, 0.1) is 6.04 Å². The second-order valence-electron chi connectivity index (χ2n) is 10.2. The summed E-state index contributed by atoms with van der Waals surface area (Å²) >= 11 is 0. The lowest BCUT2D eigenvalue weighted by molar-refractivity contribution is 0.133. The highest BCUT2D eigenvalue weighted by Gasteiger charge is 2.22. The summed E-state index contributed by atoms with van der Waals surface area (Å²) in [5, 5.41) is 6.05. The van der Waals surface area contributed by atoms with Crippen molar-refractivity contribution in [2.24, 2.45) is 0 Å². The van der Waals surface area contributed by atoms with Crippen LogP contribution in [0.25, 0.3) is 0 Å². The van der Waals surface area contributed by atoms with Gasteiger partial charge in [-0.1, -0.05) is 133 Å². The van der Waals surface area contributed by atoms with E-state index in [1.807, 2.05) is 109 Å². The predicted molar refractivity (Wildman–Crippen MR) is 166 cm³/mol. The topological polar surface area (TPSA) is 76.7 Å². The first-order chi connectivity index (χ1) is 20.5. The van der Waals surface area contributed by atoms with E-state index in [1.54, 1.807) is 0 Å². The molecule has 6 nitrogen and oxygen atoms in total. The van der Waals surface area contributed by atoms with E-state index in [-0.39, 0.29) is 25.3 Å². The second kappa shape index (κ2) is 16.4. The van der Waals surface area contributed by atoms with Crippen LogP contribution in [-0.4, -0.2) is 24.3 Å². The molecular formula is C36H38N2O4. The first-order valence-electron chi connectivity index (χ1n) is 14.2. The van der Waals surface area contributed by atoms with Crippen LogP contribution in [0.1, 0.15) is 35.1 Å². The Morgan fingerprint density at radius 3 is 1.52 bits per heavy atom. The van der Waals surface area contributed by atoms with Gasteiger partial charge in [0.25, 0.3) is 0 Å². The van der Waals surface area contributed by atoms with Crippen LogP contribution in [0.15, 0.2) is 133 Å². The van der Waals surface area contributed by atoms with E-state index < -0.39 is 12.2 Å². The normalized spacial score (nSPS) is 12.0. The van der Waals surface area contributed by atoms with Crippen LogP contribution in [-0.2, 0) is 35.5 Å². The van der Waals surface area contributed by atoms with Gasteiger partial charge in [-0.05, 0) is 47.9 Å².